The van der Waals surface area contributed by atoms with Crippen LogP contribution in [0, 0.1) is 45.3 Å². The van der Waals surface area contributed by atoms with Gasteiger partial charge in [0.15, 0.2) is 0 Å². The van der Waals surface area contributed by atoms with Crippen LogP contribution in [-0.2, 0) is 14.6 Å². The first kappa shape index (κ1) is 26.9. The van der Waals surface area contributed by atoms with Crippen LogP contribution in [0.15, 0.2) is 24.3 Å². The third-order valence-corrected chi connectivity index (χ3v) is 12.4. The maximum Gasteiger partial charge on any atom is 0.346 e. The van der Waals surface area contributed by atoms with E-state index in [1.807, 2.05) is 6.92 Å². The third-order valence-electron chi connectivity index (χ3n) is 12.4. The first-order chi connectivity index (χ1) is 16.5. The molecule has 0 aromatic carbocycles. The smallest absolute Gasteiger partial charge is 0.301 e. The third kappa shape index (κ3) is 3.78. The summed E-state index contributed by atoms with van der Waals surface area (Å²) in [5.74, 6) is 1.77. The predicted octanol–water partition coefficient (Wildman–Crippen LogP) is 7.83. The molecule has 1 spiro atoms. The Hall–Kier alpha value is -1.17. The first-order valence-electron chi connectivity index (χ1n) is 13.9. The van der Waals surface area contributed by atoms with Crippen molar-refractivity contribution in [1.29, 1.82) is 0 Å². The SMILES string of the molecule is C=C(C)[C@H](CC[C@@H](C)[C@H]1CC[C@@]2(C)[C@@H]3CC[C@@H](C(=C)CC(=O)OO)[C@@]4(CC)C[C@@]34CC[C@]12C)OO. The van der Waals surface area contributed by atoms with Gasteiger partial charge in [0.05, 0.1) is 6.42 Å². The molecule has 0 aromatic heterocycles. The summed E-state index contributed by atoms with van der Waals surface area (Å²) in [7, 11) is 0. The van der Waals surface area contributed by atoms with Crippen LogP contribution in [0.1, 0.15) is 105 Å². The Morgan fingerprint density at radius 3 is 2.37 bits per heavy atom. The van der Waals surface area contributed by atoms with Crippen molar-refractivity contribution in [3.8, 4) is 0 Å². The van der Waals surface area contributed by atoms with Gasteiger partial charge in [0.2, 0.25) is 0 Å². The van der Waals surface area contributed by atoms with Crippen LogP contribution in [0.2, 0.25) is 0 Å². The lowest BCUT2D eigenvalue weighted by Gasteiger charge is -2.61. The predicted molar refractivity (Wildman–Crippen MR) is 137 cm³/mol. The van der Waals surface area contributed by atoms with Gasteiger partial charge in [-0.05, 0) is 122 Å². The van der Waals surface area contributed by atoms with Crippen molar-refractivity contribution in [3.05, 3.63) is 24.3 Å². The quantitative estimate of drug-likeness (QED) is 0.186. The second-order valence-corrected chi connectivity index (χ2v) is 13.3. The van der Waals surface area contributed by atoms with Crippen molar-refractivity contribution in [3.63, 3.8) is 0 Å². The largest absolute Gasteiger partial charge is 0.346 e. The van der Waals surface area contributed by atoms with Crippen LogP contribution >= 0.6 is 0 Å². The van der Waals surface area contributed by atoms with Crippen molar-refractivity contribution in [2.24, 2.45) is 45.3 Å². The number of fused-ring (bicyclic) bond motifs is 2. The minimum atomic E-state index is -0.589. The zero-order valence-electron chi connectivity index (χ0n) is 22.7. The van der Waals surface area contributed by atoms with E-state index in [2.05, 4.69) is 45.7 Å². The van der Waals surface area contributed by atoms with E-state index in [0.29, 0.717) is 34.0 Å². The van der Waals surface area contributed by atoms with Gasteiger partial charge in [0.25, 0.3) is 0 Å². The van der Waals surface area contributed by atoms with Gasteiger partial charge in [-0.15, -0.1) is 0 Å². The number of rotatable bonds is 10. The highest BCUT2D eigenvalue weighted by molar-refractivity contribution is 5.71. The summed E-state index contributed by atoms with van der Waals surface area (Å²) in [5, 5.41) is 18.1. The van der Waals surface area contributed by atoms with Crippen LogP contribution in [0.3, 0.4) is 0 Å². The van der Waals surface area contributed by atoms with Gasteiger partial charge in [-0.1, -0.05) is 46.4 Å². The Labute approximate surface area is 212 Å². The van der Waals surface area contributed by atoms with E-state index in [1.54, 1.807) is 0 Å². The molecule has 198 valence electrons. The van der Waals surface area contributed by atoms with E-state index >= 15 is 0 Å². The van der Waals surface area contributed by atoms with Crippen molar-refractivity contribution in [2.45, 2.75) is 111 Å². The average Bonchev–Trinajstić information content (AvgIpc) is 3.42. The minimum absolute atomic E-state index is 0.126. The fourth-order valence-corrected chi connectivity index (χ4v) is 10.4. The van der Waals surface area contributed by atoms with Gasteiger partial charge >= 0.3 is 5.97 Å². The van der Waals surface area contributed by atoms with E-state index in [9.17, 15) is 10.1 Å². The summed E-state index contributed by atoms with van der Waals surface area (Å²) in [6.45, 7) is 20.1. The van der Waals surface area contributed by atoms with Crippen LogP contribution in [0.4, 0.5) is 0 Å². The zero-order chi connectivity index (χ0) is 25.8. The van der Waals surface area contributed by atoms with Gasteiger partial charge in [-0.3, -0.25) is 5.26 Å². The van der Waals surface area contributed by atoms with E-state index in [-0.39, 0.29) is 17.9 Å². The maximum absolute atomic E-state index is 11.8. The van der Waals surface area contributed by atoms with E-state index in [0.717, 1.165) is 42.7 Å². The summed E-state index contributed by atoms with van der Waals surface area (Å²) in [5.41, 5.74) is 3.13. The molecule has 35 heavy (non-hydrogen) atoms. The molecule has 4 saturated carbocycles. The highest BCUT2D eigenvalue weighted by Gasteiger charge is 2.79. The fourth-order valence-electron chi connectivity index (χ4n) is 10.4. The van der Waals surface area contributed by atoms with E-state index in [1.165, 1.54) is 38.5 Å². The van der Waals surface area contributed by atoms with Crippen LogP contribution < -0.4 is 0 Å². The van der Waals surface area contributed by atoms with Crippen molar-refractivity contribution < 1.29 is 25.1 Å². The molecule has 0 bridgehead atoms. The van der Waals surface area contributed by atoms with Crippen LogP contribution in [-0.4, -0.2) is 22.6 Å². The zero-order valence-corrected chi connectivity index (χ0v) is 22.7. The second kappa shape index (κ2) is 9.29. The highest BCUT2D eigenvalue weighted by Crippen LogP contribution is 2.87. The fraction of sp³-hybridized carbons (Fsp3) is 0.833. The van der Waals surface area contributed by atoms with E-state index < -0.39 is 5.97 Å². The molecule has 4 aliphatic rings. The lowest BCUT2D eigenvalue weighted by Crippen LogP contribution is -2.54. The molecule has 2 N–H and O–H groups in total. The minimum Gasteiger partial charge on any atom is -0.301 e. The summed E-state index contributed by atoms with van der Waals surface area (Å²) in [6, 6.07) is 0. The molecular weight excluding hydrogens is 440 g/mol. The molecule has 5 nitrogen and oxygen atoms in total. The molecule has 9 atom stereocenters. The Bertz CT molecular complexity index is 867. The van der Waals surface area contributed by atoms with E-state index in [4.69, 9.17) is 10.1 Å². The van der Waals surface area contributed by atoms with Crippen molar-refractivity contribution in [2.75, 3.05) is 0 Å². The van der Waals surface area contributed by atoms with Gasteiger partial charge in [0.1, 0.15) is 6.10 Å². The molecule has 0 amide bonds. The van der Waals surface area contributed by atoms with Gasteiger partial charge in [-0.25, -0.2) is 9.68 Å². The second-order valence-electron chi connectivity index (χ2n) is 13.3. The average molecular weight is 489 g/mol. The summed E-state index contributed by atoms with van der Waals surface area (Å²) >= 11 is 0. The standard InChI is InChI=1S/C30H48O5/c1-8-29-18-30(29)16-15-27(6)22(20(4)9-11-24(34-32)19(2)3)13-14-28(27,7)25(30)12-10-23(29)21(5)17-26(31)35-33/h20,22-25,32-33H,2,5,8-18H2,1,3-4,6-7H3/t20-,22-,23+,24+,25+,27-,28+,29-,30+/m1/s1. The molecule has 0 saturated heterocycles. The molecule has 5 heteroatoms. The molecule has 0 radical (unpaired) electrons. The Kier molecular flexibility index (Phi) is 7.14. The van der Waals surface area contributed by atoms with Gasteiger partial charge in [0, 0.05) is 0 Å². The molecule has 4 rings (SSSR count). The summed E-state index contributed by atoms with van der Waals surface area (Å²) in [6.07, 6.45) is 11.6. The number of carbonyl (C=O) groups excluding carboxylic acids is 1. The monoisotopic (exact) mass is 488 g/mol. The Balaban J connectivity index is 1.53. The topological polar surface area (TPSA) is 76.0 Å². The lowest BCUT2D eigenvalue weighted by molar-refractivity contribution is -0.270. The molecule has 4 fully saturated rings. The lowest BCUT2D eigenvalue weighted by atomic mass is 9.43. The molecule has 0 aliphatic heterocycles. The summed E-state index contributed by atoms with van der Waals surface area (Å²) < 4.78 is 0. The van der Waals surface area contributed by atoms with Crippen LogP contribution in [0.25, 0.3) is 0 Å². The molecule has 0 unspecified atom stereocenters. The molecule has 0 heterocycles. The Morgan fingerprint density at radius 1 is 1.06 bits per heavy atom. The van der Waals surface area contributed by atoms with Crippen LogP contribution in [0.5, 0.6) is 0 Å². The van der Waals surface area contributed by atoms with Crippen molar-refractivity contribution >= 4 is 5.97 Å². The number of hydrogen-bond donors (Lipinski definition) is 2. The van der Waals surface area contributed by atoms with Gasteiger partial charge < -0.3 is 4.89 Å². The molecular formula is C30H48O5. The number of hydrogen-bond acceptors (Lipinski definition) is 5. The Morgan fingerprint density at radius 2 is 1.77 bits per heavy atom. The maximum atomic E-state index is 11.8. The molecule has 4 aliphatic carbocycles. The normalized spacial score (nSPS) is 43.3. The van der Waals surface area contributed by atoms with Gasteiger partial charge in [-0.2, -0.15) is 5.26 Å². The highest BCUT2D eigenvalue weighted by atomic mass is 17.1. The first-order valence-corrected chi connectivity index (χ1v) is 13.9. The summed E-state index contributed by atoms with van der Waals surface area (Å²) in [4.78, 5) is 20.5. The number of carbonyl (C=O) groups is 1. The van der Waals surface area contributed by atoms with Crippen molar-refractivity contribution in [1.82, 2.24) is 0 Å². The molecule has 0 aromatic rings.